The number of primary amides is 1. The molecule has 0 aliphatic rings. The lowest BCUT2D eigenvalue weighted by Crippen LogP contribution is -2.17. The van der Waals surface area contributed by atoms with Crippen molar-refractivity contribution in [3.8, 4) is 0 Å². The number of hydrogen-bond acceptors (Lipinski definition) is 3. The maximum atomic E-state index is 11.0. The smallest absolute Gasteiger partial charge is 0.248 e. The van der Waals surface area contributed by atoms with Crippen LogP contribution in [0.15, 0.2) is 18.2 Å². The van der Waals surface area contributed by atoms with E-state index in [4.69, 9.17) is 11.5 Å². The SMILES string of the molecule is CC(C)C(C)CNc1ccc(C(N)=O)cc1N. The standard InChI is InChI=1S/C13H21N3O/c1-8(2)9(3)7-16-12-5-4-10(13(15)17)6-11(12)14/h4-6,8-9,16H,7,14H2,1-3H3,(H2,15,17). The molecule has 0 radical (unpaired) electrons. The predicted molar refractivity (Wildman–Crippen MR) is 71.9 cm³/mol. The highest BCUT2D eigenvalue weighted by molar-refractivity contribution is 5.94. The average Bonchev–Trinajstić information content (AvgIpc) is 2.26. The van der Waals surface area contributed by atoms with Gasteiger partial charge in [0.2, 0.25) is 5.91 Å². The van der Waals surface area contributed by atoms with Gasteiger partial charge in [-0.15, -0.1) is 0 Å². The molecule has 0 spiro atoms. The fraction of sp³-hybridized carbons (Fsp3) is 0.462. The molecule has 0 aliphatic carbocycles. The van der Waals surface area contributed by atoms with Crippen LogP contribution in [-0.2, 0) is 0 Å². The molecule has 5 N–H and O–H groups in total. The molecule has 1 rings (SSSR count). The first-order valence-electron chi connectivity index (χ1n) is 5.85. The van der Waals surface area contributed by atoms with E-state index in [1.54, 1.807) is 18.2 Å². The Morgan fingerprint density at radius 2 is 2.00 bits per heavy atom. The van der Waals surface area contributed by atoms with Crippen molar-refractivity contribution in [2.45, 2.75) is 20.8 Å². The highest BCUT2D eigenvalue weighted by Crippen LogP contribution is 2.21. The van der Waals surface area contributed by atoms with Crippen molar-refractivity contribution >= 4 is 17.3 Å². The molecule has 0 aliphatic heterocycles. The van der Waals surface area contributed by atoms with E-state index in [9.17, 15) is 4.79 Å². The Morgan fingerprint density at radius 3 is 2.47 bits per heavy atom. The Balaban J connectivity index is 2.70. The molecule has 4 heteroatoms. The Bertz CT molecular complexity index is 402. The molecular weight excluding hydrogens is 214 g/mol. The molecule has 0 saturated heterocycles. The van der Waals surface area contributed by atoms with Crippen LogP contribution in [0.25, 0.3) is 0 Å². The molecule has 1 aromatic carbocycles. The lowest BCUT2D eigenvalue weighted by molar-refractivity contribution is 0.100. The van der Waals surface area contributed by atoms with Gasteiger partial charge >= 0.3 is 0 Å². The number of nitrogens with one attached hydrogen (secondary N) is 1. The van der Waals surface area contributed by atoms with Gasteiger partial charge in [0, 0.05) is 12.1 Å². The van der Waals surface area contributed by atoms with Crippen molar-refractivity contribution in [2.75, 3.05) is 17.6 Å². The van der Waals surface area contributed by atoms with E-state index in [0.717, 1.165) is 12.2 Å². The highest BCUT2D eigenvalue weighted by atomic mass is 16.1. The van der Waals surface area contributed by atoms with Gasteiger partial charge in [0.25, 0.3) is 0 Å². The molecule has 17 heavy (non-hydrogen) atoms. The summed E-state index contributed by atoms with van der Waals surface area (Å²) in [6.07, 6.45) is 0. The first kappa shape index (κ1) is 13.4. The van der Waals surface area contributed by atoms with Crippen LogP contribution in [-0.4, -0.2) is 12.5 Å². The van der Waals surface area contributed by atoms with Crippen LogP contribution in [0.5, 0.6) is 0 Å². The normalized spacial score (nSPS) is 12.5. The van der Waals surface area contributed by atoms with Gasteiger partial charge < -0.3 is 16.8 Å². The van der Waals surface area contributed by atoms with Crippen molar-refractivity contribution in [2.24, 2.45) is 17.6 Å². The number of nitrogens with two attached hydrogens (primary N) is 2. The second-order valence-electron chi connectivity index (χ2n) is 4.77. The predicted octanol–water partition coefficient (Wildman–Crippen LogP) is 2.07. The minimum atomic E-state index is -0.459. The van der Waals surface area contributed by atoms with Gasteiger partial charge in [-0.1, -0.05) is 20.8 Å². The molecule has 1 unspecified atom stereocenters. The summed E-state index contributed by atoms with van der Waals surface area (Å²) in [4.78, 5) is 11.0. The van der Waals surface area contributed by atoms with Gasteiger partial charge in [-0.25, -0.2) is 0 Å². The van der Waals surface area contributed by atoms with E-state index in [2.05, 4.69) is 26.1 Å². The zero-order valence-electron chi connectivity index (χ0n) is 10.7. The first-order chi connectivity index (χ1) is 7.91. The van der Waals surface area contributed by atoms with E-state index >= 15 is 0 Å². The lowest BCUT2D eigenvalue weighted by Gasteiger charge is -2.18. The highest BCUT2D eigenvalue weighted by Gasteiger charge is 2.08. The number of rotatable bonds is 5. The maximum absolute atomic E-state index is 11.0. The summed E-state index contributed by atoms with van der Waals surface area (Å²) in [5, 5.41) is 3.28. The zero-order valence-corrected chi connectivity index (χ0v) is 10.7. The average molecular weight is 235 g/mol. The molecule has 0 heterocycles. The third-order valence-electron chi connectivity index (χ3n) is 3.09. The van der Waals surface area contributed by atoms with Crippen LogP contribution in [0, 0.1) is 11.8 Å². The van der Waals surface area contributed by atoms with Crippen molar-refractivity contribution in [3.05, 3.63) is 23.8 Å². The van der Waals surface area contributed by atoms with Gasteiger partial charge in [0.1, 0.15) is 0 Å². The van der Waals surface area contributed by atoms with E-state index < -0.39 is 5.91 Å². The van der Waals surface area contributed by atoms with E-state index in [1.807, 2.05) is 0 Å². The molecule has 0 bridgehead atoms. The summed E-state index contributed by atoms with van der Waals surface area (Å²) >= 11 is 0. The number of nitrogen functional groups attached to an aromatic ring is 1. The van der Waals surface area contributed by atoms with Crippen molar-refractivity contribution in [3.63, 3.8) is 0 Å². The van der Waals surface area contributed by atoms with Gasteiger partial charge in [-0.3, -0.25) is 4.79 Å². The fourth-order valence-electron chi connectivity index (χ4n) is 1.38. The second kappa shape index (κ2) is 5.57. The summed E-state index contributed by atoms with van der Waals surface area (Å²) in [6.45, 7) is 7.42. The minimum absolute atomic E-state index is 0.435. The lowest BCUT2D eigenvalue weighted by atomic mass is 9.98. The second-order valence-corrected chi connectivity index (χ2v) is 4.77. The minimum Gasteiger partial charge on any atom is -0.397 e. The molecular formula is C13H21N3O. The number of amides is 1. The van der Waals surface area contributed by atoms with Gasteiger partial charge in [-0.2, -0.15) is 0 Å². The number of benzene rings is 1. The van der Waals surface area contributed by atoms with Crippen LogP contribution < -0.4 is 16.8 Å². The van der Waals surface area contributed by atoms with E-state index in [1.165, 1.54) is 0 Å². The Kier molecular flexibility index (Phi) is 4.37. The molecule has 1 atom stereocenters. The Labute approximate surface area is 102 Å². The van der Waals surface area contributed by atoms with E-state index in [-0.39, 0.29) is 0 Å². The number of hydrogen-bond donors (Lipinski definition) is 3. The third kappa shape index (κ3) is 3.66. The van der Waals surface area contributed by atoms with Crippen LogP contribution in [0.4, 0.5) is 11.4 Å². The van der Waals surface area contributed by atoms with Crippen LogP contribution >= 0.6 is 0 Å². The quantitative estimate of drug-likeness (QED) is 0.683. The largest absolute Gasteiger partial charge is 0.397 e. The van der Waals surface area contributed by atoms with Gasteiger partial charge in [-0.05, 0) is 30.0 Å². The number of carbonyl (C=O) groups excluding carboxylic acids is 1. The van der Waals surface area contributed by atoms with Crippen LogP contribution in [0.3, 0.4) is 0 Å². The van der Waals surface area contributed by atoms with Crippen molar-refractivity contribution in [1.29, 1.82) is 0 Å². The molecule has 0 fully saturated rings. The number of anilines is 2. The fourth-order valence-corrected chi connectivity index (χ4v) is 1.38. The van der Waals surface area contributed by atoms with Gasteiger partial charge in [0.15, 0.2) is 0 Å². The van der Waals surface area contributed by atoms with Gasteiger partial charge in [0.05, 0.1) is 11.4 Å². The topological polar surface area (TPSA) is 81.1 Å². The number of carbonyl (C=O) groups is 1. The zero-order chi connectivity index (χ0) is 13.0. The van der Waals surface area contributed by atoms with Crippen LogP contribution in [0.1, 0.15) is 31.1 Å². The molecule has 94 valence electrons. The summed E-state index contributed by atoms with van der Waals surface area (Å²) in [5.74, 6) is 0.720. The molecule has 1 aromatic rings. The molecule has 1 amide bonds. The Hall–Kier alpha value is -1.71. The summed E-state index contributed by atoms with van der Waals surface area (Å²) in [6, 6.07) is 5.08. The Morgan fingerprint density at radius 1 is 1.35 bits per heavy atom. The molecule has 0 aromatic heterocycles. The summed E-state index contributed by atoms with van der Waals surface area (Å²) < 4.78 is 0. The van der Waals surface area contributed by atoms with Crippen molar-refractivity contribution in [1.82, 2.24) is 0 Å². The van der Waals surface area contributed by atoms with Crippen LogP contribution in [0.2, 0.25) is 0 Å². The molecule has 4 nitrogen and oxygen atoms in total. The molecule has 0 saturated carbocycles. The summed E-state index contributed by atoms with van der Waals surface area (Å²) in [5.41, 5.74) is 12.9. The first-order valence-corrected chi connectivity index (χ1v) is 5.85. The summed E-state index contributed by atoms with van der Waals surface area (Å²) in [7, 11) is 0. The maximum Gasteiger partial charge on any atom is 0.248 e. The van der Waals surface area contributed by atoms with E-state index in [0.29, 0.717) is 23.1 Å². The monoisotopic (exact) mass is 235 g/mol. The third-order valence-corrected chi connectivity index (χ3v) is 3.09. The van der Waals surface area contributed by atoms with Crippen molar-refractivity contribution < 1.29 is 4.79 Å².